The first-order valence-electron chi connectivity index (χ1n) is 7.26. The summed E-state index contributed by atoms with van der Waals surface area (Å²) in [5.41, 5.74) is 4.96. The van der Waals surface area contributed by atoms with Crippen LogP contribution in [0.15, 0.2) is 36.4 Å². The number of aromatic nitrogens is 1. The molecule has 0 radical (unpaired) electrons. The Labute approximate surface area is 146 Å². The Bertz CT molecular complexity index is 1010. The summed E-state index contributed by atoms with van der Waals surface area (Å²) in [6, 6.07) is 9.97. The van der Waals surface area contributed by atoms with Crippen molar-refractivity contribution in [3.63, 3.8) is 0 Å². The van der Waals surface area contributed by atoms with Gasteiger partial charge in [-0.25, -0.2) is 4.98 Å². The number of fused-ring (bicyclic) bond motifs is 3. The second kappa shape index (κ2) is 6.50. The standard InChI is InChI=1S/C16H13ClN4O4/c17-8-5-11-9-3-1-2-4-10(9)16(19-7-13(22)15(18)23)20-14(11)12(6-8)21(24)25/h1-6,13,22H,7H2,(H2,18,23)(H,19,20). The van der Waals surface area contributed by atoms with Crippen molar-refractivity contribution in [1.82, 2.24) is 4.98 Å². The number of halogens is 1. The van der Waals surface area contributed by atoms with Crippen molar-refractivity contribution in [2.75, 3.05) is 11.9 Å². The third-order valence-electron chi connectivity index (χ3n) is 3.74. The lowest BCUT2D eigenvalue weighted by Crippen LogP contribution is -2.34. The Morgan fingerprint density at radius 2 is 2.00 bits per heavy atom. The van der Waals surface area contributed by atoms with Gasteiger partial charge in [-0.15, -0.1) is 0 Å². The van der Waals surface area contributed by atoms with E-state index < -0.39 is 16.9 Å². The van der Waals surface area contributed by atoms with E-state index in [-0.39, 0.29) is 22.8 Å². The molecule has 0 aliphatic heterocycles. The van der Waals surface area contributed by atoms with Crippen LogP contribution in [0.3, 0.4) is 0 Å². The molecule has 0 saturated heterocycles. The number of rotatable bonds is 5. The fourth-order valence-electron chi connectivity index (χ4n) is 2.57. The molecule has 0 aliphatic carbocycles. The van der Waals surface area contributed by atoms with Gasteiger partial charge in [0.25, 0.3) is 5.69 Å². The van der Waals surface area contributed by atoms with E-state index in [1.54, 1.807) is 30.3 Å². The van der Waals surface area contributed by atoms with Crippen LogP contribution in [0.1, 0.15) is 0 Å². The SMILES string of the molecule is NC(=O)C(O)CNc1nc2c([N+](=O)[O-])cc(Cl)cc2c2ccccc12. The third-order valence-corrected chi connectivity index (χ3v) is 3.96. The summed E-state index contributed by atoms with van der Waals surface area (Å²) in [4.78, 5) is 26.1. The van der Waals surface area contributed by atoms with Crippen molar-refractivity contribution in [2.45, 2.75) is 6.10 Å². The maximum Gasteiger partial charge on any atom is 0.297 e. The highest BCUT2D eigenvalue weighted by atomic mass is 35.5. The average Bonchev–Trinajstić information content (AvgIpc) is 2.58. The van der Waals surface area contributed by atoms with E-state index in [2.05, 4.69) is 10.3 Å². The van der Waals surface area contributed by atoms with Gasteiger partial charge in [-0.1, -0.05) is 35.9 Å². The van der Waals surface area contributed by atoms with E-state index >= 15 is 0 Å². The van der Waals surface area contributed by atoms with Crippen molar-refractivity contribution >= 4 is 50.7 Å². The van der Waals surface area contributed by atoms with Crippen LogP contribution in [0.25, 0.3) is 21.7 Å². The predicted octanol–water partition coefficient (Wildman–Crippen LogP) is 2.21. The molecule has 3 aromatic rings. The van der Waals surface area contributed by atoms with Gasteiger partial charge in [0, 0.05) is 21.9 Å². The number of nitro benzene ring substituents is 1. The third kappa shape index (κ3) is 3.17. The molecule has 9 heteroatoms. The van der Waals surface area contributed by atoms with Gasteiger partial charge >= 0.3 is 0 Å². The molecule has 3 rings (SSSR count). The van der Waals surface area contributed by atoms with E-state index in [0.717, 1.165) is 0 Å². The van der Waals surface area contributed by atoms with Gasteiger partial charge < -0.3 is 16.2 Å². The predicted molar refractivity (Wildman–Crippen MR) is 94.6 cm³/mol. The number of hydrogen-bond donors (Lipinski definition) is 3. The average molecular weight is 361 g/mol. The Hall–Kier alpha value is -2.97. The smallest absolute Gasteiger partial charge is 0.297 e. The number of nitrogens with two attached hydrogens (primary N) is 1. The molecule has 0 spiro atoms. The van der Waals surface area contributed by atoms with Gasteiger partial charge in [0.2, 0.25) is 5.91 Å². The topological polar surface area (TPSA) is 131 Å². The molecule has 0 aliphatic rings. The normalized spacial score (nSPS) is 12.2. The zero-order valence-electron chi connectivity index (χ0n) is 12.8. The second-order valence-corrected chi connectivity index (χ2v) is 5.82. The number of primary amides is 1. The number of amides is 1. The number of non-ortho nitro benzene ring substituents is 1. The van der Waals surface area contributed by atoms with Crippen LogP contribution < -0.4 is 11.1 Å². The molecule has 1 aromatic heterocycles. The Morgan fingerprint density at radius 1 is 1.32 bits per heavy atom. The van der Waals surface area contributed by atoms with E-state index in [0.29, 0.717) is 22.0 Å². The lowest BCUT2D eigenvalue weighted by atomic mass is 10.0. The fourth-order valence-corrected chi connectivity index (χ4v) is 2.78. The highest BCUT2D eigenvalue weighted by Gasteiger charge is 2.19. The molecule has 4 N–H and O–H groups in total. The molecular weight excluding hydrogens is 348 g/mol. The molecule has 0 bridgehead atoms. The van der Waals surface area contributed by atoms with Crippen LogP contribution >= 0.6 is 11.6 Å². The van der Waals surface area contributed by atoms with Crippen molar-refractivity contribution < 1.29 is 14.8 Å². The molecule has 0 saturated carbocycles. The van der Waals surface area contributed by atoms with Crippen LogP contribution in [0, 0.1) is 10.1 Å². The number of pyridine rings is 1. The number of nitrogens with one attached hydrogen (secondary N) is 1. The Morgan fingerprint density at radius 3 is 2.64 bits per heavy atom. The fraction of sp³-hybridized carbons (Fsp3) is 0.125. The number of hydrogen-bond acceptors (Lipinski definition) is 6. The van der Waals surface area contributed by atoms with Gasteiger partial charge in [0.15, 0.2) is 5.52 Å². The molecule has 1 unspecified atom stereocenters. The quantitative estimate of drug-likeness (QED) is 0.363. The number of anilines is 1. The molecular formula is C16H13ClN4O4. The highest BCUT2D eigenvalue weighted by molar-refractivity contribution is 6.32. The van der Waals surface area contributed by atoms with E-state index in [1.165, 1.54) is 6.07 Å². The van der Waals surface area contributed by atoms with Gasteiger partial charge in [-0.2, -0.15) is 0 Å². The molecule has 25 heavy (non-hydrogen) atoms. The van der Waals surface area contributed by atoms with E-state index in [4.69, 9.17) is 17.3 Å². The first-order chi connectivity index (χ1) is 11.9. The second-order valence-electron chi connectivity index (χ2n) is 5.38. The summed E-state index contributed by atoms with van der Waals surface area (Å²) < 4.78 is 0. The number of nitro groups is 1. The molecule has 1 atom stereocenters. The van der Waals surface area contributed by atoms with E-state index in [9.17, 15) is 20.0 Å². The Kier molecular flexibility index (Phi) is 4.39. The zero-order valence-corrected chi connectivity index (χ0v) is 13.5. The van der Waals surface area contributed by atoms with Crippen LogP contribution in [-0.4, -0.2) is 33.6 Å². The number of nitrogens with zero attached hydrogens (tertiary/aromatic N) is 2. The maximum atomic E-state index is 11.4. The minimum absolute atomic E-state index is 0.157. The first-order valence-corrected chi connectivity index (χ1v) is 7.64. The van der Waals surface area contributed by atoms with Crippen molar-refractivity contribution in [3.05, 3.63) is 51.5 Å². The van der Waals surface area contributed by atoms with Gasteiger partial charge in [-0.05, 0) is 11.5 Å². The van der Waals surface area contributed by atoms with Gasteiger partial charge in [-0.3, -0.25) is 14.9 Å². The highest BCUT2D eigenvalue weighted by Crippen LogP contribution is 2.35. The maximum absolute atomic E-state index is 11.4. The largest absolute Gasteiger partial charge is 0.381 e. The van der Waals surface area contributed by atoms with Crippen LogP contribution in [0.4, 0.5) is 11.5 Å². The van der Waals surface area contributed by atoms with Crippen molar-refractivity contribution in [1.29, 1.82) is 0 Å². The molecule has 1 heterocycles. The van der Waals surface area contributed by atoms with Crippen molar-refractivity contribution in [2.24, 2.45) is 5.73 Å². The summed E-state index contributed by atoms with van der Waals surface area (Å²) in [6.07, 6.45) is -1.41. The number of carbonyl (C=O) groups is 1. The number of carbonyl (C=O) groups excluding carboxylic acids is 1. The summed E-state index contributed by atoms with van der Waals surface area (Å²) in [5.74, 6) is -0.579. The minimum Gasteiger partial charge on any atom is -0.381 e. The first kappa shape index (κ1) is 16.9. The number of aliphatic hydroxyl groups is 1. The summed E-state index contributed by atoms with van der Waals surface area (Å²) in [5, 5.41) is 25.9. The molecule has 128 valence electrons. The van der Waals surface area contributed by atoms with Crippen molar-refractivity contribution in [3.8, 4) is 0 Å². The zero-order chi connectivity index (χ0) is 18.1. The molecule has 2 aromatic carbocycles. The summed E-state index contributed by atoms with van der Waals surface area (Å²) >= 11 is 6.01. The molecule has 8 nitrogen and oxygen atoms in total. The monoisotopic (exact) mass is 360 g/mol. The lowest BCUT2D eigenvalue weighted by molar-refractivity contribution is -0.383. The van der Waals surface area contributed by atoms with Crippen LogP contribution in [0.5, 0.6) is 0 Å². The Balaban J connectivity index is 2.25. The molecule has 1 amide bonds. The van der Waals surface area contributed by atoms with Crippen LogP contribution in [-0.2, 0) is 4.79 Å². The number of aliphatic hydroxyl groups excluding tert-OH is 1. The molecule has 0 fully saturated rings. The van der Waals surface area contributed by atoms with Gasteiger partial charge in [0.1, 0.15) is 11.9 Å². The van der Waals surface area contributed by atoms with Gasteiger partial charge in [0.05, 0.1) is 11.5 Å². The van der Waals surface area contributed by atoms with Crippen LogP contribution in [0.2, 0.25) is 5.02 Å². The minimum atomic E-state index is -1.41. The van der Waals surface area contributed by atoms with E-state index in [1.807, 2.05) is 0 Å². The lowest BCUT2D eigenvalue weighted by Gasteiger charge is -2.13. The number of benzene rings is 2. The summed E-state index contributed by atoms with van der Waals surface area (Å²) in [7, 11) is 0. The summed E-state index contributed by atoms with van der Waals surface area (Å²) in [6.45, 7) is -0.167.